The fourth-order valence-electron chi connectivity index (χ4n) is 3.75. The molecule has 1 unspecified atom stereocenters. The van der Waals surface area contributed by atoms with E-state index in [9.17, 15) is 18.3 Å². The van der Waals surface area contributed by atoms with E-state index >= 15 is 0 Å². The monoisotopic (exact) mass is 442 g/mol. The highest BCUT2D eigenvalue weighted by Gasteiger charge is 2.18. The molecule has 4 rings (SSSR count). The summed E-state index contributed by atoms with van der Waals surface area (Å²) in [6.45, 7) is 4.12. The van der Waals surface area contributed by atoms with E-state index in [1.165, 1.54) is 11.3 Å². The Morgan fingerprint density at radius 1 is 1.20 bits per heavy atom. The molecule has 3 N–H and O–H groups in total. The lowest BCUT2D eigenvalue weighted by molar-refractivity contribution is 0.477. The topological polar surface area (TPSA) is 99.3 Å². The molecule has 156 valence electrons. The number of aromatic hydroxyl groups is 1. The van der Waals surface area contributed by atoms with Crippen LogP contribution < -0.4 is 10.3 Å². The van der Waals surface area contributed by atoms with Gasteiger partial charge in [0.15, 0.2) is 0 Å². The number of sulfonamides is 1. The number of H-pyrrole nitrogens is 1. The lowest BCUT2D eigenvalue weighted by atomic mass is 9.93. The second-order valence-corrected chi connectivity index (χ2v) is 10.3. The maximum atomic E-state index is 12.4. The highest BCUT2D eigenvalue weighted by molar-refractivity contribution is 7.88. The minimum atomic E-state index is -3.24. The zero-order chi connectivity index (χ0) is 21.6. The smallest absolute Gasteiger partial charge is 0.266 e. The number of benzene rings is 2. The molecule has 0 spiro atoms. The van der Waals surface area contributed by atoms with Gasteiger partial charge < -0.3 is 10.1 Å². The first kappa shape index (κ1) is 20.6. The number of hydrogen-bond donors (Lipinski definition) is 3. The van der Waals surface area contributed by atoms with Crippen LogP contribution in [-0.4, -0.2) is 31.3 Å². The van der Waals surface area contributed by atoms with Crippen LogP contribution in [0.5, 0.6) is 5.75 Å². The summed E-state index contributed by atoms with van der Waals surface area (Å²) in [5, 5.41) is 14.3. The Hall–Kier alpha value is -2.68. The minimum Gasteiger partial charge on any atom is -0.507 e. The van der Waals surface area contributed by atoms with Gasteiger partial charge in [0.05, 0.1) is 11.8 Å². The van der Waals surface area contributed by atoms with Crippen molar-refractivity contribution < 1.29 is 13.5 Å². The molecule has 0 aliphatic heterocycles. The third-order valence-electron chi connectivity index (χ3n) is 5.30. The summed E-state index contributed by atoms with van der Waals surface area (Å²) < 4.78 is 25.8. The summed E-state index contributed by atoms with van der Waals surface area (Å²) in [7, 11) is -3.24. The molecule has 0 bridgehead atoms. The van der Waals surface area contributed by atoms with Crippen molar-refractivity contribution in [3.05, 3.63) is 63.3 Å². The van der Waals surface area contributed by atoms with Gasteiger partial charge in [-0.1, -0.05) is 31.2 Å². The number of rotatable bonds is 5. The quantitative estimate of drug-likeness (QED) is 0.434. The molecular weight excluding hydrogens is 420 g/mol. The van der Waals surface area contributed by atoms with Crippen LogP contribution in [0.25, 0.3) is 32.1 Å². The van der Waals surface area contributed by atoms with Crippen LogP contribution in [0, 0.1) is 6.92 Å². The predicted octanol–water partition coefficient (Wildman–Crippen LogP) is 4.08. The Kier molecular flexibility index (Phi) is 5.17. The number of phenols is 1. The molecule has 0 fully saturated rings. The summed E-state index contributed by atoms with van der Waals surface area (Å²) in [6, 6.07) is 11.3. The predicted molar refractivity (Wildman–Crippen MR) is 123 cm³/mol. The van der Waals surface area contributed by atoms with E-state index in [1.807, 2.05) is 49.6 Å². The maximum absolute atomic E-state index is 12.4. The Bertz CT molecular complexity index is 1420. The number of fused-ring (bicyclic) bond motifs is 3. The van der Waals surface area contributed by atoms with Crippen molar-refractivity contribution in [1.82, 2.24) is 9.71 Å². The Balaban J connectivity index is 1.84. The fraction of sp³-hybridized carbons (Fsp3) is 0.227. The van der Waals surface area contributed by atoms with E-state index in [-0.39, 0.29) is 17.2 Å². The van der Waals surface area contributed by atoms with Crippen LogP contribution in [0.2, 0.25) is 0 Å². The highest BCUT2D eigenvalue weighted by Crippen LogP contribution is 2.41. The third kappa shape index (κ3) is 3.74. The van der Waals surface area contributed by atoms with Gasteiger partial charge in [0, 0.05) is 22.9 Å². The number of thiophene rings is 1. The molecule has 2 heterocycles. The Morgan fingerprint density at radius 3 is 2.57 bits per heavy atom. The van der Waals surface area contributed by atoms with Gasteiger partial charge in [-0.05, 0) is 47.0 Å². The zero-order valence-corrected chi connectivity index (χ0v) is 18.4. The maximum Gasteiger partial charge on any atom is 0.266 e. The van der Waals surface area contributed by atoms with Gasteiger partial charge in [-0.2, -0.15) is 0 Å². The molecule has 0 radical (unpaired) electrons. The van der Waals surface area contributed by atoms with Gasteiger partial charge in [-0.3, -0.25) is 4.79 Å². The van der Waals surface area contributed by atoms with Crippen molar-refractivity contribution in [2.24, 2.45) is 0 Å². The lowest BCUT2D eigenvalue weighted by Gasteiger charge is -2.15. The van der Waals surface area contributed by atoms with Crippen molar-refractivity contribution in [2.75, 3.05) is 12.8 Å². The molecule has 0 aliphatic rings. The number of aromatic amines is 1. The van der Waals surface area contributed by atoms with E-state index in [2.05, 4.69) is 9.71 Å². The normalized spacial score (nSPS) is 13.2. The van der Waals surface area contributed by atoms with Crippen LogP contribution >= 0.6 is 11.3 Å². The second-order valence-electron chi connectivity index (χ2n) is 7.60. The summed E-state index contributed by atoms with van der Waals surface area (Å²) >= 11 is 1.38. The molecule has 30 heavy (non-hydrogen) atoms. The van der Waals surface area contributed by atoms with Gasteiger partial charge in [-0.15, -0.1) is 11.3 Å². The van der Waals surface area contributed by atoms with E-state index < -0.39 is 10.0 Å². The number of phenolic OH excluding ortho intramolecular Hbond substituents is 1. The first-order valence-electron chi connectivity index (χ1n) is 9.46. The molecule has 8 heteroatoms. The van der Waals surface area contributed by atoms with Crippen LogP contribution in [-0.2, 0) is 10.0 Å². The summed E-state index contributed by atoms with van der Waals surface area (Å²) in [4.78, 5) is 15.4. The molecule has 6 nitrogen and oxygen atoms in total. The molecule has 2 aromatic heterocycles. The van der Waals surface area contributed by atoms with Gasteiger partial charge >= 0.3 is 0 Å². The zero-order valence-electron chi connectivity index (χ0n) is 16.8. The number of aromatic nitrogens is 1. The molecule has 0 amide bonds. The van der Waals surface area contributed by atoms with E-state index in [0.717, 1.165) is 33.7 Å². The first-order chi connectivity index (χ1) is 14.2. The molecular formula is C22H22N2O4S2. The standard InChI is InChI=1S/C22H22N2O4S2/c1-12-10-17(25)18(19-16-8-9-29-21(16)22(26)24-20(12)19)15-6-4-14(5-7-15)13(2)11-23-30(3,27)28/h4-10,13,23,25H,11H2,1-3H3,(H,24,26). The van der Waals surface area contributed by atoms with E-state index in [1.54, 1.807) is 6.07 Å². The summed E-state index contributed by atoms with van der Waals surface area (Å²) in [5.74, 6) is 0.149. The molecule has 4 aromatic rings. The van der Waals surface area contributed by atoms with E-state index in [0.29, 0.717) is 22.3 Å². The minimum absolute atomic E-state index is 0.00271. The van der Waals surface area contributed by atoms with Gasteiger partial charge in [0.2, 0.25) is 10.0 Å². The summed E-state index contributed by atoms with van der Waals surface area (Å²) in [5.41, 5.74) is 3.87. The van der Waals surface area contributed by atoms with Crippen molar-refractivity contribution >= 4 is 42.3 Å². The van der Waals surface area contributed by atoms with Crippen LogP contribution in [0.1, 0.15) is 24.0 Å². The molecule has 0 saturated heterocycles. The largest absolute Gasteiger partial charge is 0.507 e. The van der Waals surface area contributed by atoms with Crippen LogP contribution in [0.4, 0.5) is 0 Å². The first-order valence-corrected chi connectivity index (χ1v) is 12.2. The van der Waals surface area contributed by atoms with Crippen molar-refractivity contribution in [3.63, 3.8) is 0 Å². The third-order valence-corrected chi connectivity index (χ3v) is 6.91. The van der Waals surface area contributed by atoms with Crippen molar-refractivity contribution in [2.45, 2.75) is 19.8 Å². The number of aryl methyl sites for hydroxylation is 1. The average Bonchev–Trinajstić information content (AvgIpc) is 3.18. The fourth-order valence-corrected chi connectivity index (χ4v) is 5.10. The van der Waals surface area contributed by atoms with Gasteiger partial charge in [-0.25, -0.2) is 13.1 Å². The number of nitrogens with one attached hydrogen (secondary N) is 2. The lowest BCUT2D eigenvalue weighted by Crippen LogP contribution is -2.26. The molecule has 1 atom stereocenters. The Morgan fingerprint density at radius 2 is 1.90 bits per heavy atom. The van der Waals surface area contributed by atoms with Gasteiger partial charge in [0.25, 0.3) is 5.56 Å². The number of hydrogen-bond acceptors (Lipinski definition) is 5. The Labute approximate surface area is 178 Å². The number of pyridine rings is 1. The highest BCUT2D eigenvalue weighted by atomic mass is 32.2. The average molecular weight is 443 g/mol. The molecule has 2 aromatic carbocycles. The van der Waals surface area contributed by atoms with Gasteiger partial charge in [0.1, 0.15) is 10.4 Å². The van der Waals surface area contributed by atoms with Crippen LogP contribution in [0.3, 0.4) is 0 Å². The van der Waals surface area contributed by atoms with Crippen LogP contribution in [0.15, 0.2) is 46.6 Å². The van der Waals surface area contributed by atoms with Crippen molar-refractivity contribution in [3.8, 4) is 16.9 Å². The second kappa shape index (κ2) is 7.54. The van der Waals surface area contributed by atoms with Crippen molar-refractivity contribution in [1.29, 1.82) is 0 Å². The van der Waals surface area contributed by atoms with E-state index in [4.69, 9.17) is 0 Å². The SMILES string of the molecule is Cc1cc(O)c(-c2ccc(C(C)CNS(C)(=O)=O)cc2)c2c1[nH]c(=O)c1sccc12. The summed E-state index contributed by atoms with van der Waals surface area (Å²) in [6.07, 6.45) is 1.14. The molecule has 0 saturated carbocycles. The molecule has 0 aliphatic carbocycles.